The highest BCUT2D eigenvalue weighted by Gasteiger charge is 2.23. The van der Waals surface area contributed by atoms with Crippen LogP contribution in [0.5, 0.6) is 0 Å². The molecule has 0 bridgehead atoms. The summed E-state index contributed by atoms with van der Waals surface area (Å²) in [6, 6.07) is 0.824. The number of rotatable bonds is 3. The molecule has 1 rings (SSSR count). The molecule has 0 unspecified atom stereocenters. The predicted molar refractivity (Wildman–Crippen MR) is 66.1 cm³/mol. The Bertz CT molecular complexity index is 314. The largest absolute Gasteiger partial charge is 0.306 e. The summed E-state index contributed by atoms with van der Waals surface area (Å²) in [5, 5.41) is 0. The molecule has 0 saturated heterocycles. The van der Waals surface area contributed by atoms with Crippen molar-refractivity contribution in [1.82, 2.24) is 4.57 Å². The summed E-state index contributed by atoms with van der Waals surface area (Å²) < 4.78 is 4.95. The number of nitrogens with zero attached hydrogens (tertiary/aromatic N) is 2. The SMILES string of the molecule is CC(C)n1cc[n+](C(C)C)c1C(=S)S. The fourth-order valence-corrected chi connectivity index (χ4v) is 1.91. The van der Waals surface area contributed by atoms with Crippen LogP contribution in [0.25, 0.3) is 0 Å². The van der Waals surface area contributed by atoms with Crippen LogP contribution in [-0.4, -0.2) is 8.76 Å². The van der Waals surface area contributed by atoms with E-state index in [1.165, 1.54) is 0 Å². The number of hydrogen-bond acceptors (Lipinski definition) is 1. The molecule has 0 fully saturated rings. The zero-order valence-electron chi connectivity index (χ0n) is 9.06. The molecule has 1 aromatic rings. The highest BCUT2D eigenvalue weighted by molar-refractivity contribution is 8.11. The second kappa shape index (κ2) is 4.45. The molecular formula is C10H17N2S2+. The van der Waals surface area contributed by atoms with Crippen LogP contribution >= 0.6 is 24.8 Å². The van der Waals surface area contributed by atoms with E-state index >= 15 is 0 Å². The Balaban J connectivity index is 3.28. The molecule has 1 aromatic heterocycles. The zero-order chi connectivity index (χ0) is 10.9. The number of hydrogen-bond donors (Lipinski definition) is 1. The van der Waals surface area contributed by atoms with Crippen molar-refractivity contribution in [2.75, 3.05) is 0 Å². The molecule has 0 aliphatic heterocycles. The lowest BCUT2D eigenvalue weighted by Crippen LogP contribution is -2.40. The molecular weight excluding hydrogens is 212 g/mol. The van der Waals surface area contributed by atoms with Crippen LogP contribution in [0.15, 0.2) is 12.4 Å². The first kappa shape index (κ1) is 11.7. The van der Waals surface area contributed by atoms with Gasteiger partial charge >= 0.3 is 5.82 Å². The fourth-order valence-electron chi connectivity index (χ4n) is 1.47. The van der Waals surface area contributed by atoms with Gasteiger partial charge in [0.1, 0.15) is 12.4 Å². The van der Waals surface area contributed by atoms with Crippen LogP contribution in [-0.2, 0) is 0 Å². The van der Waals surface area contributed by atoms with Crippen LogP contribution in [0.3, 0.4) is 0 Å². The summed E-state index contributed by atoms with van der Waals surface area (Å²) in [5.41, 5.74) is 0. The number of imidazole rings is 1. The molecule has 1 heterocycles. The van der Waals surface area contributed by atoms with E-state index in [1.54, 1.807) is 0 Å². The topological polar surface area (TPSA) is 8.81 Å². The maximum Gasteiger partial charge on any atom is 0.306 e. The third kappa shape index (κ3) is 2.17. The van der Waals surface area contributed by atoms with Crippen LogP contribution < -0.4 is 4.57 Å². The summed E-state index contributed by atoms with van der Waals surface area (Å²) in [6.45, 7) is 8.56. The molecule has 0 amide bonds. The second-order valence-corrected chi connectivity index (χ2v) is 5.09. The summed E-state index contributed by atoms with van der Waals surface area (Å²) in [6.07, 6.45) is 4.12. The van der Waals surface area contributed by atoms with Gasteiger partial charge in [-0.3, -0.25) is 0 Å². The van der Waals surface area contributed by atoms with Crippen molar-refractivity contribution in [1.29, 1.82) is 0 Å². The molecule has 0 saturated carbocycles. The molecule has 0 aliphatic carbocycles. The molecule has 78 valence electrons. The first-order valence-electron chi connectivity index (χ1n) is 4.80. The Morgan fingerprint density at radius 3 is 2.36 bits per heavy atom. The van der Waals surface area contributed by atoms with Gasteiger partial charge in [-0.15, -0.1) is 12.6 Å². The second-order valence-electron chi connectivity index (χ2n) is 3.93. The monoisotopic (exact) mass is 229 g/mol. The lowest BCUT2D eigenvalue weighted by atomic mass is 10.3. The minimum Gasteiger partial charge on any atom is -0.227 e. The lowest BCUT2D eigenvalue weighted by molar-refractivity contribution is -0.716. The van der Waals surface area contributed by atoms with Crippen molar-refractivity contribution in [2.24, 2.45) is 0 Å². The maximum atomic E-state index is 5.15. The van der Waals surface area contributed by atoms with E-state index in [-0.39, 0.29) is 0 Å². The van der Waals surface area contributed by atoms with Crippen molar-refractivity contribution in [3.63, 3.8) is 0 Å². The van der Waals surface area contributed by atoms with Gasteiger partial charge in [-0.1, -0.05) is 12.2 Å². The van der Waals surface area contributed by atoms with Gasteiger partial charge in [-0.05, 0) is 27.7 Å². The molecule has 0 aliphatic rings. The molecule has 0 radical (unpaired) electrons. The number of aromatic nitrogens is 2. The lowest BCUT2D eigenvalue weighted by Gasteiger charge is -2.07. The van der Waals surface area contributed by atoms with E-state index in [9.17, 15) is 0 Å². The van der Waals surface area contributed by atoms with Gasteiger partial charge in [0.2, 0.25) is 0 Å². The van der Waals surface area contributed by atoms with Gasteiger partial charge in [0.25, 0.3) is 0 Å². The molecule has 4 heteroatoms. The highest BCUT2D eigenvalue weighted by Crippen LogP contribution is 2.11. The highest BCUT2D eigenvalue weighted by atomic mass is 32.1. The molecule has 0 spiro atoms. The average Bonchev–Trinajstić information content (AvgIpc) is 2.46. The van der Waals surface area contributed by atoms with Crippen molar-refractivity contribution in [2.45, 2.75) is 39.8 Å². The Morgan fingerprint density at radius 2 is 2.00 bits per heavy atom. The van der Waals surface area contributed by atoms with Crippen LogP contribution in [0, 0.1) is 0 Å². The number of thiocarbonyl (C=S) groups is 1. The van der Waals surface area contributed by atoms with E-state index in [0.29, 0.717) is 16.3 Å². The summed E-state index contributed by atoms with van der Waals surface area (Å²) in [5.74, 6) is 1.02. The van der Waals surface area contributed by atoms with Gasteiger partial charge in [0.15, 0.2) is 4.20 Å². The summed E-state index contributed by atoms with van der Waals surface area (Å²) in [4.78, 5) is 0. The van der Waals surface area contributed by atoms with Crippen molar-refractivity contribution >= 4 is 29.0 Å². The average molecular weight is 229 g/mol. The van der Waals surface area contributed by atoms with Crippen molar-refractivity contribution in [3.05, 3.63) is 18.2 Å². The quantitative estimate of drug-likeness (QED) is 0.476. The number of thiol groups is 1. The summed E-state index contributed by atoms with van der Waals surface area (Å²) in [7, 11) is 0. The van der Waals surface area contributed by atoms with E-state index < -0.39 is 0 Å². The van der Waals surface area contributed by atoms with Gasteiger partial charge in [0.05, 0.1) is 12.1 Å². The Labute approximate surface area is 96.3 Å². The van der Waals surface area contributed by atoms with Crippen LogP contribution in [0.2, 0.25) is 0 Å². The smallest absolute Gasteiger partial charge is 0.227 e. The van der Waals surface area contributed by atoms with Crippen molar-refractivity contribution < 1.29 is 4.57 Å². The fraction of sp³-hybridized carbons (Fsp3) is 0.600. The Morgan fingerprint density at radius 1 is 1.43 bits per heavy atom. The molecule has 0 atom stereocenters. The first-order chi connectivity index (χ1) is 6.45. The van der Waals surface area contributed by atoms with E-state index in [4.69, 9.17) is 12.2 Å². The first-order valence-corrected chi connectivity index (χ1v) is 5.66. The normalized spacial score (nSPS) is 11.4. The third-order valence-corrected chi connectivity index (χ3v) is 2.56. The Hall–Kier alpha value is -0.350. The van der Waals surface area contributed by atoms with Gasteiger partial charge in [-0.25, -0.2) is 9.13 Å². The molecule has 0 N–H and O–H groups in total. The van der Waals surface area contributed by atoms with Gasteiger partial charge < -0.3 is 0 Å². The minimum atomic E-state index is 0.412. The zero-order valence-corrected chi connectivity index (χ0v) is 10.8. The Kier molecular flexibility index (Phi) is 3.72. The van der Waals surface area contributed by atoms with Crippen LogP contribution in [0.4, 0.5) is 0 Å². The standard InChI is InChI=1S/C10H16N2S2/c1-7(2)11-5-6-12(8(3)4)9(11)10(13)14/h5-8H,1-4H3/p+1. The van der Waals surface area contributed by atoms with E-state index in [0.717, 1.165) is 5.82 Å². The molecule has 14 heavy (non-hydrogen) atoms. The van der Waals surface area contributed by atoms with Crippen molar-refractivity contribution in [3.8, 4) is 0 Å². The predicted octanol–water partition coefficient (Wildman–Crippen LogP) is 2.54. The van der Waals surface area contributed by atoms with Gasteiger partial charge in [0, 0.05) is 0 Å². The van der Waals surface area contributed by atoms with Gasteiger partial charge in [-0.2, -0.15) is 0 Å². The minimum absolute atomic E-state index is 0.412. The maximum absolute atomic E-state index is 5.15. The van der Waals surface area contributed by atoms with E-state index in [1.807, 2.05) is 0 Å². The third-order valence-electron chi connectivity index (χ3n) is 2.18. The molecule has 2 nitrogen and oxygen atoms in total. The molecule has 0 aromatic carbocycles. The van der Waals surface area contributed by atoms with Crippen LogP contribution in [0.1, 0.15) is 45.6 Å². The van der Waals surface area contributed by atoms with E-state index in [2.05, 4.69) is 61.9 Å². The summed E-state index contributed by atoms with van der Waals surface area (Å²) >= 11 is 9.42.